The van der Waals surface area contributed by atoms with E-state index in [1.165, 1.54) is 12.1 Å². The molecule has 0 bridgehead atoms. The lowest BCUT2D eigenvalue weighted by atomic mass is 9.94. The minimum absolute atomic E-state index is 0.199. The van der Waals surface area contributed by atoms with E-state index in [1.807, 2.05) is 48.5 Å². The van der Waals surface area contributed by atoms with Crippen LogP contribution in [0.25, 0.3) is 22.2 Å². The minimum Gasteiger partial charge on any atom is -0.423 e. The molecule has 4 aromatic rings. The van der Waals surface area contributed by atoms with Gasteiger partial charge in [0.25, 0.3) is 6.01 Å². The van der Waals surface area contributed by atoms with E-state index in [0.29, 0.717) is 17.1 Å². The number of hydrogen-bond donors (Lipinski definition) is 1. The van der Waals surface area contributed by atoms with Crippen molar-refractivity contribution >= 4 is 28.6 Å². The van der Waals surface area contributed by atoms with Crippen LogP contribution < -0.4 is 5.32 Å². The molecule has 1 aliphatic carbocycles. The van der Waals surface area contributed by atoms with Gasteiger partial charge in [-0.15, -0.1) is 0 Å². The summed E-state index contributed by atoms with van der Waals surface area (Å²) in [5, 5.41) is 3.10. The van der Waals surface area contributed by atoms with Crippen LogP contribution in [0.3, 0.4) is 0 Å². The van der Waals surface area contributed by atoms with Crippen LogP contribution in [0.1, 0.15) is 36.0 Å². The largest absolute Gasteiger partial charge is 0.423 e. The quantitative estimate of drug-likeness (QED) is 0.377. The first-order chi connectivity index (χ1) is 14.7. The number of nitrogens with one attached hydrogen (secondary N) is 1. The third kappa shape index (κ3) is 3.71. The zero-order valence-electron chi connectivity index (χ0n) is 16.4. The third-order valence-corrected chi connectivity index (χ3v) is 5.71. The van der Waals surface area contributed by atoms with Gasteiger partial charge in [0.2, 0.25) is 0 Å². The fourth-order valence-corrected chi connectivity index (χ4v) is 4.07. The van der Waals surface area contributed by atoms with Crippen LogP contribution >= 0.6 is 0 Å². The summed E-state index contributed by atoms with van der Waals surface area (Å²) in [7, 11) is 0. The maximum atomic E-state index is 13.3. The lowest BCUT2D eigenvalue weighted by Gasteiger charge is -2.09. The summed E-state index contributed by atoms with van der Waals surface area (Å²) < 4.78 is 18.9. The normalized spacial score (nSPS) is 14.3. The zero-order valence-corrected chi connectivity index (χ0v) is 16.4. The molecule has 0 atom stereocenters. The molecule has 1 aromatic heterocycles. The number of halogens is 1. The zero-order chi connectivity index (χ0) is 20.5. The van der Waals surface area contributed by atoms with Gasteiger partial charge >= 0.3 is 0 Å². The molecule has 1 heterocycles. The number of carbonyl (C=O) groups excluding carboxylic acids is 1. The molecule has 0 aliphatic heterocycles. The van der Waals surface area contributed by atoms with E-state index in [9.17, 15) is 9.18 Å². The average Bonchev–Trinajstić information content (AvgIpc) is 3.43. The molecule has 30 heavy (non-hydrogen) atoms. The van der Waals surface area contributed by atoms with E-state index < -0.39 is 0 Å². The van der Waals surface area contributed by atoms with Crippen LogP contribution in [0.5, 0.6) is 0 Å². The fourth-order valence-electron chi connectivity index (χ4n) is 4.07. The Morgan fingerprint density at radius 1 is 0.933 bits per heavy atom. The maximum absolute atomic E-state index is 13.3. The third-order valence-electron chi connectivity index (χ3n) is 5.71. The lowest BCUT2D eigenvalue weighted by molar-refractivity contribution is 0.0923. The number of anilines is 2. The summed E-state index contributed by atoms with van der Waals surface area (Å²) in [5.41, 5.74) is 4.74. The second-order valence-electron chi connectivity index (χ2n) is 7.76. The number of oxazole rings is 1. The van der Waals surface area contributed by atoms with Crippen LogP contribution in [-0.4, -0.2) is 10.8 Å². The molecule has 150 valence electrons. The van der Waals surface area contributed by atoms with Gasteiger partial charge in [-0.05, 0) is 48.2 Å². The summed E-state index contributed by atoms with van der Waals surface area (Å²) in [6, 6.07) is 20.3. The Morgan fingerprint density at radius 2 is 1.60 bits per heavy atom. The molecule has 1 saturated carbocycles. The molecule has 1 aliphatic rings. The van der Waals surface area contributed by atoms with Crippen LogP contribution in [0.15, 0.2) is 71.1 Å². The van der Waals surface area contributed by atoms with Gasteiger partial charge in [-0.1, -0.05) is 49.2 Å². The van der Waals surface area contributed by atoms with Gasteiger partial charge in [-0.25, -0.2) is 4.39 Å². The number of nitrogens with zero attached hydrogens (tertiary/aromatic N) is 1. The molecular weight excluding hydrogens is 379 g/mol. The highest BCUT2D eigenvalue weighted by atomic mass is 19.1. The number of carbonyl (C=O) groups is 1. The predicted octanol–water partition coefficient (Wildman–Crippen LogP) is 6.75. The highest BCUT2D eigenvalue weighted by Gasteiger charge is 2.23. The Bertz CT molecular complexity index is 1190. The molecule has 0 unspecified atom stereocenters. The Labute approximate surface area is 173 Å². The summed E-state index contributed by atoms with van der Waals surface area (Å²) >= 11 is 0. The Balaban J connectivity index is 1.29. The van der Waals surface area contributed by atoms with E-state index in [2.05, 4.69) is 10.3 Å². The van der Waals surface area contributed by atoms with Gasteiger partial charge in [-0.3, -0.25) is 4.79 Å². The molecule has 3 aromatic carbocycles. The standard InChI is InChI=1S/C25H21FN2O2/c26-20-11-14-23-22(15-20)28-25(30-23)27-21-12-9-17(10-13-21)16-5-7-19(8-6-16)24(29)18-3-1-2-4-18/h5-15,18H,1-4H2,(H,27,28). The van der Waals surface area contributed by atoms with E-state index >= 15 is 0 Å². The molecule has 0 amide bonds. The number of aromatic nitrogens is 1. The molecular formula is C25H21FN2O2. The first kappa shape index (κ1) is 18.6. The molecule has 1 N–H and O–H groups in total. The predicted molar refractivity (Wildman–Crippen MR) is 115 cm³/mol. The molecule has 0 spiro atoms. The topological polar surface area (TPSA) is 55.1 Å². The van der Waals surface area contributed by atoms with Crippen molar-refractivity contribution in [1.29, 1.82) is 0 Å². The number of fused-ring (bicyclic) bond motifs is 1. The second-order valence-corrected chi connectivity index (χ2v) is 7.76. The van der Waals surface area contributed by atoms with Crippen molar-refractivity contribution in [2.45, 2.75) is 25.7 Å². The number of rotatable bonds is 5. The van der Waals surface area contributed by atoms with Crippen LogP contribution in [0.2, 0.25) is 0 Å². The van der Waals surface area contributed by atoms with Crippen molar-refractivity contribution in [2.24, 2.45) is 5.92 Å². The highest BCUT2D eigenvalue weighted by molar-refractivity contribution is 5.98. The van der Waals surface area contributed by atoms with Gasteiger partial charge in [-0.2, -0.15) is 4.98 Å². The number of benzene rings is 3. The van der Waals surface area contributed by atoms with Crippen LogP contribution in [-0.2, 0) is 0 Å². The monoisotopic (exact) mass is 400 g/mol. The van der Waals surface area contributed by atoms with Crippen LogP contribution in [0.4, 0.5) is 16.1 Å². The molecule has 5 heteroatoms. The van der Waals surface area contributed by atoms with Crippen molar-refractivity contribution in [2.75, 3.05) is 5.32 Å². The Morgan fingerprint density at radius 3 is 2.30 bits per heavy atom. The Hall–Kier alpha value is -3.47. The van der Waals surface area contributed by atoms with Gasteiger partial charge in [0.05, 0.1) is 0 Å². The minimum atomic E-state index is -0.345. The maximum Gasteiger partial charge on any atom is 0.300 e. The number of hydrogen-bond acceptors (Lipinski definition) is 4. The molecule has 4 nitrogen and oxygen atoms in total. The van der Waals surface area contributed by atoms with Gasteiger partial charge in [0.1, 0.15) is 11.3 Å². The van der Waals surface area contributed by atoms with Gasteiger partial charge in [0, 0.05) is 23.2 Å². The van der Waals surface area contributed by atoms with Crippen molar-refractivity contribution in [3.05, 3.63) is 78.1 Å². The second kappa shape index (κ2) is 7.75. The molecule has 0 radical (unpaired) electrons. The number of Topliss-reactive ketones (excluding diaryl/α,β-unsaturated/α-hetero) is 1. The van der Waals surface area contributed by atoms with E-state index in [0.717, 1.165) is 48.1 Å². The average molecular weight is 400 g/mol. The molecule has 1 fully saturated rings. The summed E-state index contributed by atoms with van der Waals surface area (Å²) in [5.74, 6) is 0.129. The van der Waals surface area contributed by atoms with Gasteiger partial charge < -0.3 is 9.73 Å². The van der Waals surface area contributed by atoms with Crippen molar-refractivity contribution < 1.29 is 13.6 Å². The molecule has 5 rings (SSSR count). The SMILES string of the molecule is O=C(c1ccc(-c2ccc(Nc3nc4cc(F)ccc4o3)cc2)cc1)C1CCCC1. The summed E-state index contributed by atoms with van der Waals surface area (Å²) in [4.78, 5) is 16.8. The Kier molecular flexibility index (Phi) is 4.79. The van der Waals surface area contributed by atoms with Gasteiger partial charge in [0.15, 0.2) is 11.4 Å². The molecule has 0 saturated heterocycles. The first-order valence-corrected chi connectivity index (χ1v) is 10.2. The smallest absolute Gasteiger partial charge is 0.300 e. The van der Waals surface area contributed by atoms with Crippen molar-refractivity contribution in [3.8, 4) is 11.1 Å². The van der Waals surface area contributed by atoms with E-state index in [4.69, 9.17) is 4.42 Å². The van der Waals surface area contributed by atoms with Crippen molar-refractivity contribution in [1.82, 2.24) is 4.98 Å². The van der Waals surface area contributed by atoms with Crippen LogP contribution in [0, 0.1) is 11.7 Å². The fraction of sp³-hybridized carbons (Fsp3) is 0.200. The number of ketones is 1. The summed E-state index contributed by atoms with van der Waals surface area (Å²) in [6.45, 7) is 0. The first-order valence-electron chi connectivity index (χ1n) is 10.2. The van der Waals surface area contributed by atoms with E-state index in [-0.39, 0.29) is 17.5 Å². The summed E-state index contributed by atoms with van der Waals surface area (Å²) in [6.07, 6.45) is 4.36. The van der Waals surface area contributed by atoms with E-state index in [1.54, 1.807) is 6.07 Å². The lowest BCUT2D eigenvalue weighted by Crippen LogP contribution is -2.10. The van der Waals surface area contributed by atoms with Crippen molar-refractivity contribution in [3.63, 3.8) is 0 Å². The highest BCUT2D eigenvalue weighted by Crippen LogP contribution is 2.29.